The third-order valence-corrected chi connectivity index (χ3v) is 4.93. The van der Waals surface area contributed by atoms with E-state index in [1.165, 1.54) is 4.90 Å². The van der Waals surface area contributed by atoms with Gasteiger partial charge in [0.1, 0.15) is 17.4 Å². The fraction of sp³-hybridized carbons (Fsp3) is 0.294. The highest BCUT2D eigenvalue weighted by Gasteiger charge is 2.38. The average molecular weight is 375 g/mol. The summed E-state index contributed by atoms with van der Waals surface area (Å²) in [6.45, 7) is 3.65. The Balaban J connectivity index is 1.77. The van der Waals surface area contributed by atoms with Crippen molar-refractivity contribution in [3.05, 3.63) is 46.2 Å². The number of aliphatic carboxylic acids is 1. The molecule has 1 unspecified atom stereocenters. The van der Waals surface area contributed by atoms with Gasteiger partial charge in [-0.1, -0.05) is 11.6 Å². The Morgan fingerprint density at radius 1 is 1.31 bits per heavy atom. The van der Waals surface area contributed by atoms with Crippen LogP contribution in [-0.4, -0.2) is 42.7 Å². The van der Waals surface area contributed by atoms with Gasteiger partial charge in [-0.3, -0.25) is 4.79 Å². The molecule has 3 aromatic rings. The normalized spacial score (nSPS) is 16.7. The number of aromatic nitrogens is 3. The summed E-state index contributed by atoms with van der Waals surface area (Å²) in [6.07, 6.45) is 0. The highest BCUT2D eigenvalue weighted by molar-refractivity contribution is 6.31. The number of amides is 1. The van der Waals surface area contributed by atoms with Crippen molar-refractivity contribution < 1.29 is 19.1 Å². The second-order valence-electron chi connectivity index (χ2n) is 6.26. The summed E-state index contributed by atoms with van der Waals surface area (Å²) in [5.74, 6) is -0.306. The molecule has 26 heavy (non-hydrogen) atoms. The maximum atomic E-state index is 13.1. The third kappa shape index (κ3) is 2.45. The summed E-state index contributed by atoms with van der Waals surface area (Å²) < 4.78 is 7.42. The van der Waals surface area contributed by atoms with Crippen molar-refractivity contribution >= 4 is 34.4 Å². The molecule has 0 saturated carbocycles. The number of carboxylic acid groups (broad SMARTS) is 1. The molecule has 1 N–H and O–H groups in total. The molecule has 3 heterocycles. The number of carbonyl (C=O) groups is 2. The summed E-state index contributed by atoms with van der Waals surface area (Å²) in [5, 5.41) is 18.9. The minimum Gasteiger partial charge on any atom is -0.480 e. The number of hydrogen-bond donors (Lipinski definition) is 1. The molecule has 0 spiro atoms. The molecule has 134 valence electrons. The van der Waals surface area contributed by atoms with Crippen molar-refractivity contribution in [2.75, 3.05) is 0 Å². The maximum Gasteiger partial charge on any atom is 0.328 e. The molecule has 1 aliphatic rings. The topological polar surface area (TPSA) is 101 Å². The second-order valence-corrected chi connectivity index (χ2v) is 6.69. The predicted molar refractivity (Wildman–Crippen MR) is 92.0 cm³/mol. The lowest BCUT2D eigenvalue weighted by atomic mass is 10.1. The summed E-state index contributed by atoms with van der Waals surface area (Å²) in [7, 11) is 0. The molecule has 0 radical (unpaired) electrons. The third-order valence-electron chi connectivity index (χ3n) is 4.69. The van der Waals surface area contributed by atoms with Crippen LogP contribution < -0.4 is 0 Å². The fourth-order valence-corrected chi connectivity index (χ4v) is 3.44. The molecule has 0 fully saturated rings. The Morgan fingerprint density at radius 3 is 2.81 bits per heavy atom. The summed E-state index contributed by atoms with van der Waals surface area (Å²) in [6, 6.07) is 4.05. The van der Waals surface area contributed by atoms with Crippen LogP contribution in [0.5, 0.6) is 0 Å². The van der Waals surface area contributed by atoms with Crippen LogP contribution in [0.4, 0.5) is 0 Å². The number of rotatable bonds is 2. The second kappa shape index (κ2) is 5.84. The molecule has 2 aromatic heterocycles. The van der Waals surface area contributed by atoms with Crippen LogP contribution >= 0.6 is 11.6 Å². The van der Waals surface area contributed by atoms with E-state index in [4.69, 9.17) is 16.0 Å². The molecule has 4 rings (SSSR count). The zero-order valence-electron chi connectivity index (χ0n) is 14.1. The van der Waals surface area contributed by atoms with Crippen molar-refractivity contribution in [1.29, 1.82) is 0 Å². The van der Waals surface area contributed by atoms with E-state index in [9.17, 15) is 14.7 Å². The van der Waals surface area contributed by atoms with Gasteiger partial charge in [-0.15, -0.1) is 10.2 Å². The Morgan fingerprint density at radius 2 is 2.08 bits per heavy atom. The number of nitrogens with zero attached hydrogens (tertiary/aromatic N) is 4. The highest BCUT2D eigenvalue weighted by Crippen LogP contribution is 2.30. The first kappa shape index (κ1) is 16.6. The minimum absolute atomic E-state index is 0.0495. The van der Waals surface area contributed by atoms with Crippen LogP contribution in [0.2, 0.25) is 5.02 Å². The quantitative estimate of drug-likeness (QED) is 0.739. The molecule has 1 aromatic carbocycles. The monoisotopic (exact) mass is 374 g/mol. The molecular weight excluding hydrogens is 360 g/mol. The molecule has 8 nitrogen and oxygen atoms in total. The number of benzene rings is 1. The lowest BCUT2D eigenvalue weighted by Crippen LogP contribution is -2.50. The number of fused-ring (bicyclic) bond motifs is 2. The average Bonchev–Trinajstić information content (AvgIpc) is 3.14. The van der Waals surface area contributed by atoms with Crippen LogP contribution in [0, 0.1) is 13.8 Å². The molecule has 0 saturated heterocycles. The van der Waals surface area contributed by atoms with Crippen molar-refractivity contribution in [2.45, 2.75) is 33.0 Å². The zero-order valence-corrected chi connectivity index (χ0v) is 14.8. The van der Waals surface area contributed by atoms with Crippen LogP contribution in [0.15, 0.2) is 22.6 Å². The first-order chi connectivity index (χ1) is 12.4. The van der Waals surface area contributed by atoms with Gasteiger partial charge in [0, 0.05) is 16.0 Å². The van der Waals surface area contributed by atoms with E-state index in [-0.39, 0.29) is 18.8 Å². The van der Waals surface area contributed by atoms with Gasteiger partial charge in [0.25, 0.3) is 5.91 Å². The summed E-state index contributed by atoms with van der Waals surface area (Å²) in [5.41, 5.74) is 1.15. The largest absolute Gasteiger partial charge is 0.480 e. The lowest BCUT2D eigenvalue weighted by molar-refractivity contribution is -0.143. The molecule has 1 aliphatic heterocycles. The molecule has 0 bridgehead atoms. The smallest absolute Gasteiger partial charge is 0.328 e. The molecule has 0 aliphatic carbocycles. The highest BCUT2D eigenvalue weighted by atomic mass is 35.5. The van der Waals surface area contributed by atoms with E-state index in [1.807, 2.05) is 0 Å². The van der Waals surface area contributed by atoms with E-state index in [0.717, 1.165) is 5.39 Å². The van der Waals surface area contributed by atoms with E-state index < -0.39 is 17.9 Å². The van der Waals surface area contributed by atoms with Crippen molar-refractivity contribution in [3.63, 3.8) is 0 Å². The number of furan rings is 1. The number of halogens is 1. The summed E-state index contributed by atoms with van der Waals surface area (Å²) in [4.78, 5) is 26.1. The zero-order chi connectivity index (χ0) is 18.6. The van der Waals surface area contributed by atoms with E-state index in [2.05, 4.69) is 10.2 Å². The lowest BCUT2D eigenvalue weighted by Gasteiger charge is -2.33. The van der Waals surface area contributed by atoms with Gasteiger partial charge in [0.15, 0.2) is 11.6 Å². The molecule has 1 amide bonds. The van der Waals surface area contributed by atoms with Crippen molar-refractivity contribution in [2.24, 2.45) is 0 Å². The van der Waals surface area contributed by atoms with Crippen LogP contribution in [0.25, 0.3) is 11.0 Å². The van der Waals surface area contributed by atoms with Gasteiger partial charge >= 0.3 is 5.97 Å². The molecule has 9 heteroatoms. The number of carbonyl (C=O) groups excluding carboxylic acids is 1. The van der Waals surface area contributed by atoms with Crippen molar-refractivity contribution in [3.8, 4) is 0 Å². The molecular formula is C17H15ClN4O4. The number of carboxylic acids is 1. The van der Waals surface area contributed by atoms with Gasteiger partial charge in [-0.2, -0.15) is 0 Å². The van der Waals surface area contributed by atoms with Crippen LogP contribution in [0.3, 0.4) is 0 Å². The van der Waals surface area contributed by atoms with Gasteiger partial charge in [0.2, 0.25) is 0 Å². The van der Waals surface area contributed by atoms with Gasteiger partial charge < -0.3 is 19.0 Å². The standard InChI is InChI=1S/C17H15ClN4O4/c1-8-11-5-10(18)3-4-13(11)26-15(8)16(23)22-7-14-20-19-9(2)21(14)6-12(22)17(24)25/h3-5,12H,6-7H2,1-2H3,(H,24,25). The van der Waals surface area contributed by atoms with E-state index >= 15 is 0 Å². The summed E-state index contributed by atoms with van der Waals surface area (Å²) >= 11 is 6.02. The fourth-order valence-electron chi connectivity index (χ4n) is 3.27. The van der Waals surface area contributed by atoms with E-state index in [1.54, 1.807) is 36.6 Å². The Bertz CT molecular complexity index is 1050. The maximum absolute atomic E-state index is 13.1. The van der Waals surface area contributed by atoms with Crippen LogP contribution in [-0.2, 0) is 17.9 Å². The van der Waals surface area contributed by atoms with Crippen molar-refractivity contribution in [1.82, 2.24) is 19.7 Å². The SMILES string of the molecule is Cc1c(C(=O)N2Cc3nnc(C)n3CC2C(=O)O)oc2ccc(Cl)cc12. The minimum atomic E-state index is -1.09. The Labute approximate surface area is 153 Å². The van der Waals surface area contributed by atoms with Gasteiger partial charge in [-0.05, 0) is 32.0 Å². The first-order valence-corrected chi connectivity index (χ1v) is 8.35. The molecule has 1 atom stereocenters. The predicted octanol–water partition coefficient (Wildman–Crippen LogP) is 2.40. The Hall–Kier alpha value is -2.87. The van der Waals surface area contributed by atoms with Gasteiger partial charge in [-0.25, -0.2) is 4.79 Å². The number of aryl methyl sites for hydroxylation is 2. The van der Waals surface area contributed by atoms with Crippen LogP contribution in [0.1, 0.15) is 27.8 Å². The number of hydrogen-bond acceptors (Lipinski definition) is 5. The van der Waals surface area contributed by atoms with Gasteiger partial charge in [0.05, 0.1) is 13.1 Å². The first-order valence-electron chi connectivity index (χ1n) is 7.98. The van der Waals surface area contributed by atoms with E-state index in [0.29, 0.717) is 27.8 Å². The Kier molecular flexibility index (Phi) is 3.73.